The molecular formula is C20H23N5O2S. The summed E-state index contributed by atoms with van der Waals surface area (Å²) >= 11 is 5.43. The van der Waals surface area contributed by atoms with Crippen LogP contribution in [0.1, 0.15) is 26.3 Å². The number of phenolic OH excluding ortho intramolecular Hbond substituents is 1. The van der Waals surface area contributed by atoms with Crippen molar-refractivity contribution in [1.29, 1.82) is 0 Å². The first-order valence-corrected chi connectivity index (χ1v) is 9.67. The molecule has 2 N–H and O–H groups in total. The Morgan fingerprint density at radius 3 is 2.43 bits per heavy atom. The molecule has 3 rings (SSSR count). The van der Waals surface area contributed by atoms with Gasteiger partial charge in [0.25, 0.3) is 0 Å². The zero-order valence-electron chi connectivity index (χ0n) is 16.1. The Morgan fingerprint density at radius 1 is 1.18 bits per heavy atom. The lowest BCUT2D eigenvalue weighted by Crippen LogP contribution is -2.21. The number of aromatic nitrogens is 3. The Morgan fingerprint density at radius 2 is 1.86 bits per heavy atom. The highest BCUT2D eigenvalue weighted by Crippen LogP contribution is 2.36. The number of aromatic amines is 1. The zero-order valence-corrected chi connectivity index (χ0v) is 17.0. The van der Waals surface area contributed by atoms with Crippen molar-refractivity contribution in [2.24, 2.45) is 5.18 Å². The van der Waals surface area contributed by atoms with Gasteiger partial charge in [0.1, 0.15) is 11.4 Å². The van der Waals surface area contributed by atoms with E-state index in [2.05, 4.69) is 34.1 Å². The van der Waals surface area contributed by atoms with E-state index in [1.165, 1.54) is 6.07 Å². The van der Waals surface area contributed by atoms with E-state index in [0.717, 1.165) is 24.5 Å². The summed E-state index contributed by atoms with van der Waals surface area (Å²) in [5, 5.41) is 20.2. The Hall–Kier alpha value is -3.00. The lowest BCUT2D eigenvalue weighted by molar-refractivity contribution is 0.469. The molecule has 1 heterocycles. The molecule has 0 saturated heterocycles. The van der Waals surface area contributed by atoms with Crippen LogP contribution >= 0.6 is 12.2 Å². The topological polar surface area (TPSA) is 86.5 Å². The van der Waals surface area contributed by atoms with Gasteiger partial charge in [-0.1, -0.05) is 6.92 Å². The lowest BCUT2D eigenvalue weighted by Gasteiger charge is -2.21. The van der Waals surface area contributed by atoms with Crippen LogP contribution < -0.4 is 4.90 Å². The quantitative estimate of drug-likeness (QED) is 0.427. The van der Waals surface area contributed by atoms with Gasteiger partial charge in [-0.25, -0.2) is 0 Å². The van der Waals surface area contributed by atoms with E-state index >= 15 is 0 Å². The van der Waals surface area contributed by atoms with E-state index in [1.54, 1.807) is 10.6 Å². The van der Waals surface area contributed by atoms with Gasteiger partial charge in [-0.2, -0.15) is 5.10 Å². The summed E-state index contributed by atoms with van der Waals surface area (Å²) in [4.78, 5) is 13.6. The molecule has 146 valence electrons. The SMILES string of the molecule is CCc1cc(-c2n[nH]c(=S)n2-c2ccc(N(CC)CC)cc2)c(N=O)cc1O. The molecular weight excluding hydrogens is 374 g/mol. The van der Waals surface area contributed by atoms with Crippen molar-refractivity contribution in [3.63, 3.8) is 0 Å². The van der Waals surface area contributed by atoms with Crippen LogP contribution in [0.3, 0.4) is 0 Å². The first kappa shape index (κ1) is 19.8. The Kier molecular flexibility index (Phi) is 5.89. The maximum atomic E-state index is 11.4. The number of H-pyrrole nitrogens is 1. The molecule has 0 atom stereocenters. The predicted molar refractivity (Wildman–Crippen MR) is 114 cm³/mol. The average Bonchev–Trinajstić information content (AvgIpc) is 3.10. The number of hydrogen-bond acceptors (Lipinski definition) is 6. The molecule has 0 radical (unpaired) electrons. The largest absolute Gasteiger partial charge is 0.508 e. The molecule has 3 aromatic rings. The van der Waals surface area contributed by atoms with E-state index in [4.69, 9.17) is 12.2 Å². The van der Waals surface area contributed by atoms with Crippen molar-refractivity contribution in [3.8, 4) is 22.8 Å². The minimum atomic E-state index is 0.0464. The maximum absolute atomic E-state index is 11.4. The molecule has 0 fully saturated rings. The number of aromatic hydroxyl groups is 1. The molecule has 0 saturated carbocycles. The number of benzene rings is 2. The smallest absolute Gasteiger partial charge is 0.200 e. The fourth-order valence-electron chi connectivity index (χ4n) is 3.28. The van der Waals surface area contributed by atoms with E-state index in [-0.39, 0.29) is 11.4 Å². The monoisotopic (exact) mass is 397 g/mol. The van der Waals surface area contributed by atoms with Crippen molar-refractivity contribution in [2.45, 2.75) is 27.2 Å². The number of nitroso groups, excluding NO2 is 1. The number of nitrogens with zero attached hydrogens (tertiary/aromatic N) is 4. The van der Waals surface area contributed by atoms with Crippen LogP contribution in [0.25, 0.3) is 17.1 Å². The standard InChI is InChI=1S/C20H23N5O2S/c1-4-13-11-16(17(23-27)12-18(13)26)19-21-22-20(28)25(19)15-9-7-14(8-10-15)24(5-2)6-3/h7-12,26H,4-6H2,1-3H3,(H,22,28). The van der Waals surface area contributed by atoms with Gasteiger partial charge < -0.3 is 10.0 Å². The first-order chi connectivity index (χ1) is 13.5. The summed E-state index contributed by atoms with van der Waals surface area (Å²) in [5.74, 6) is 0.523. The van der Waals surface area contributed by atoms with Gasteiger partial charge in [0.15, 0.2) is 10.6 Å². The fraction of sp³-hybridized carbons (Fsp3) is 0.300. The first-order valence-electron chi connectivity index (χ1n) is 9.26. The summed E-state index contributed by atoms with van der Waals surface area (Å²) in [7, 11) is 0. The molecule has 0 unspecified atom stereocenters. The third-order valence-electron chi connectivity index (χ3n) is 4.83. The average molecular weight is 398 g/mol. The van der Waals surface area contributed by atoms with Crippen molar-refractivity contribution >= 4 is 23.6 Å². The number of nitrogens with one attached hydrogen (secondary N) is 1. The van der Waals surface area contributed by atoms with E-state index in [1.807, 2.05) is 31.2 Å². The fourth-order valence-corrected chi connectivity index (χ4v) is 3.52. The van der Waals surface area contributed by atoms with Crippen LogP contribution in [0.4, 0.5) is 11.4 Å². The molecule has 0 bridgehead atoms. The minimum Gasteiger partial charge on any atom is -0.508 e. The molecule has 0 amide bonds. The van der Waals surface area contributed by atoms with Gasteiger partial charge in [0.05, 0.1) is 5.69 Å². The highest BCUT2D eigenvalue weighted by Gasteiger charge is 2.18. The van der Waals surface area contributed by atoms with Gasteiger partial charge in [0.2, 0.25) is 0 Å². The molecule has 2 aromatic carbocycles. The number of aryl methyl sites for hydroxylation is 1. The van der Waals surface area contributed by atoms with E-state index in [9.17, 15) is 10.0 Å². The second-order valence-electron chi connectivity index (χ2n) is 6.32. The van der Waals surface area contributed by atoms with E-state index in [0.29, 0.717) is 28.1 Å². The highest BCUT2D eigenvalue weighted by molar-refractivity contribution is 7.71. The van der Waals surface area contributed by atoms with Crippen LogP contribution in [-0.2, 0) is 6.42 Å². The van der Waals surface area contributed by atoms with Crippen molar-refractivity contribution in [3.05, 3.63) is 51.6 Å². The molecule has 0 spiro atoms. The van der Waals surface area contributed by atoms with Gasteiger partial charge in [-0.3, -0.25) is 9.67 Å². The maximum Gasteiger partial charge on any atom is 0.200 e. The summed E-state index contributed by atoms with van der Waals surface area (Å²) in [6.45, 7) is 8.01. The summed E-state index contributed by atoms with van der Waals surface area (Å²) < 4.78 is 2.18. The van der Waals surface area contributed by atoms with Gasteiger partial charge in [-0.15, -0.1) is 4.91 Å². The number of hydrogen-bond donors (Lipinski definition) is 2. The number of rotatable bonds is 7. The predicted octanol–water partition coefficient (Wildman–Crippen LogP) is 5.11. The van der Waals surface area contributed by atoms with Crippen molar-refractivity contribution < 1.29 is 5.11 Å². The molecule has 0 aliphatic rings. The molecule has 1 aromatic heterocycles. The molecule has 8 heteroatoms. The lowest BCUT2D eigenvalue weighted by atomic mass is 10.0. The van der Waals surface area contributed by atoms with Crippen LogP contribution in [0, 0.1) is 9.68 Å². The van der Waals surface area contributed by atoms with Crippen LogP contribution in [-0.4, -0.2) is 33.0 Å². The normalized spacial score (nSPS) is 10.8. The molecule has 7 nitrogen and oxygen atoms in total. The summed E-state index contributed by atoms with van der Waals surface area (Å²) in [5.41, 5.74) is 3.29. The zero-order chi connectivity index (χ0) is 20.3. The number of anilines is 1. The van der Waals surface area contributed by atoms with Crippen molar-refractivity contribution in [1.82, 2.24) is 14.8 Å². The second-order valence-corrected chi connectivity index (χ2v) is 6.71. The van der Waals surface area contributed by atoms with Crippen LogP contribution in [0.5, 0.6) is 5.75 Å². The van der Waals surface area contributed by atoms with Gasteiger partial charge in [-0.05, 0) is 73.6 Å². The third-order valence-corrected chi connectivity index (χ3v) is 5.10. The van der Waals surface area contributed by atoms with Crippen molar-refractivity contribution in [2.75, 3.05) is 18.0 Å². The molecule has 0 aliphatic carbocycles. The van der Waals surface area contributed by atoms with Gasteiger partial charge >= 0.3 is 0 Å². The highest BCUT2D eigenvalue weighted by atomic mass is 32.1. The van der Waals surface area contributed by atoms with E-state index < -0.39 is 0 Å². The third kappa shape index (κ3) is 3.55. The Bertz CT molecular complexity index is 1040. The van der Waals surface area contributed by atoms with Crippen LogP contribution in [0.15, 0.2) is 41.6 Å². The summed E-state index contributed by atoms with van der Waals surface area (Å²) in [6.07, 6.45) is 0.613. The van der Waals surface area contributed by atoms with Crippen LogP contribution in [0.2, 0.25) is 0 Å². The summed E-state index contributed by atoms with van der Waals surface area (Å²) in [6, 6.07) is 11.1. The Balaban J connectivity index is 2.14. The minimum absolute atomic E-state index is 0.0464. The Labute approximate surface area is 168 Å². The molecule has 0 aliphatic heterocycles. The number of phenols is 1. The second kappa shape index (κ2) is 8.35. The molecule has 28 heavy (non-hydrogen) atoms. The van der Waals surface area contributed by atoms with Gasteiger partial charge in [0, 0.05) is 30.4 Å².